The average Bonchev–Trinajstić information content (AvgIpc) is 1.60. The zero-order valence-electron chi connectivity index (χ0n) is 5.18. The molecule has 0 saturated heterocycles. The highest BCUT2D eigenvalue weighted by molar-refractivity contribution is 7.86. The molecule has 0 radical (unpaired) electrons. The van der Waals surface area contributed by atoms with Crippen molar-refractivity contribution >= 4 is 10.1 Å². The second-order valence-electron chi connectivity index (χ2n) is 1.82. The van der Waals surface area contributed by atoms with E-state index in [2.05, 4.69) is 0 Å². The van der Waals surface area contributed by atoms with Crippen LogP contribution in [0.25, 0.3) is 0 Å². The molecule has 0 rings (SSSR count). The molecule has 0 heterocycles. The molecule has 1 atom stereocenters. The lowest BCUT2D eigenvalue weighted by Crippen LogP contribution is -2.25. The van der Waals surface area contributed by atoms with E-state index in [1.54, 1.807) is 0 Å². The lowest BCUT2D eigenvalue weighted by molar-refractivity contribution is -0.478. The van der Waals surface area contributed by atoms with Crippen LogP contribution in [0, 0.1) is 10.1 Å². The average molecular weight is 168 g/mol. The van der Waals surface area contributed by atoms with E-state index in [-0.39, 0.29) is 0 Å². The van der Waals surface area contributed by atoms with Gasteiger partial charge in [-0.3, -0.25) is 10.1 Å². The summed E-state index contributed by atoms with van der Waals surface area (Å²) < 4.78 is 30.0. The van der Waals surface area contributed by atoms with Crippen molar-refractivity contribution in [3.8, 4) is 0 Å². The summed E-state index contributed by atoms with van der Waals surface area (Å²) in [5.41, 5.74) is 0. The Labute approximate surface area is 57.8 Å². The van der Waals surface area contributed by atoms with Gasteiger partial charge in [0.1, 0.15) is 15.4 Å². The Bertz CT molecular complexity index is 219. The minimum atomic E-state index is -4.49. The van der Waals surface area contributed by atoms with Gasteiger partial charge >= 0.3 is 0 Å². The van der Waals surface area contributed by atoms with E-state index in [0.717, 1.165) is 6.92 Å². The fourth-order valence-electron chi connectivity index (χ4n) is 0.301. The first-order chi connectivity index (χ1) is 4.34. The normalized spacial score (nSPS) is 14.6. The summed E-state index contributed by atoms with van der Waals surface area (Å²) in [5, 5.41) is 8.22. The highest BCUT2D eigenvalue weighted by atomic mass is 32.2. The Morgan fingerprint density at radius 2 is 2.00 bits per heavy atom. The van der Waals surface area contributed by atoms with Crippen LogP contribution in [0.1, 0.15) is 6.92 Å². The molecular formula is C3H6NO5S-. The van der Waals surface area contributed by atoms with Crippen molar-refractivity contribution in [2.45, 2.75) is 12.2 Å². The Morgan fingerprint density at radius 1 is 1.60 bits per heavy atom. The SMILES string of the molecule is CC(C[N+](=O)[O-])S(=O)(=O)[O-]. The minimum absolute atomic E-state index is 0.828. The molecule has 0 bridgehead atoms. The topological polar surface area (TPSA) is 100 Å². The number of hydrogen-bond acceptors (Lipinski definition) is 5. The summed E-state index contributed by atoms with van der Waals surface area (Å²) in [7, 11) is -4.49. The van der Waals surface area contributed by atoms with Gasteiger partial charge in [0, 0.05) is 4.92 Å². The molecule has 0 aliphatic carbocycles. The molecule has 1 unspecified atom stereocenters. The second-order valence-corrected chi connectivity index (χ2v) is 3.61. The highest BCUT2D eigenvalue weighted by Gasteiger charge is 2.15. The molecule has 0 N–H and O–H groups in total. The maximum atomic E-state index is 10.0. The Balaban J connectivity index is 4.12. The molecular weight excluding hydrogens is 162 g/mol. The number of nitro groups is 1. The van der Waals surface area contributed by atoms with Crippen molar-refractivity contribution < 1.29 is 17.9 Å². The van der Waals surface area contributed by atoms with Crippen molar-refractivity contribution in [3.63, 3.8) is 0 Å². The van der Waals surface area contributed by atoms with Gasteiger partial charge in [0.2, 0.25) is 6.54 Å². The van der Waals surface area contributed by atoms with Crippen molar-refractivity contribution in [3.05, 3.63) is 10.1 Å². The zero-order chi connectivity index (χ0) is 8.36. The molecule has 0 amide bonds. The summed E-state index contributed by atoms with van der Waals surface area (Å²) >= 11 is 0. The fraction of sp³-hybridized carbons (Fsp3) is 1.00. The van der Waals surface area contributed by atoms with Gasteiger partial charge in [-0.05, 0) is 6.92 Å². The van der Waals surface area contributed by atoms with Crippen molar-refractivity contribution in [1.82, 2.24) is 0 Å². The molecule has 0 spiro atoms. The predicted octanol–water partition coefficient (Wildman–Crippen LogP) is -0.803. The molecule has 0 aromatic heterocycles. The molecule has 0 aromatic rings. The van der Waals surface area contributed by atoms with Crippen molar-refractivity contribution in [2.24, 2.45) is 0 Å². The molecule has 0 aromatic carbocycles. The molecule has 0 fully saturated rings. The standard InChI is InChI=1S/C3H7NO5S/c1-3(2-4(5)6)10(7,8)9/h3H,2H2,1H3,(H,7,8,9)/p-1. The zero-order valence-corrected chi connectivity index (χ0v) is 6.00. The molecule has 7 heteroatoms. The van der Waals surface area contributed by atoms with Gasteiger partial charge in [0.25, 0.3) is 0 Å². The first-order valence-electron chi connectivity index (χ1n) is 2.40. The van der Waals surface area contributed by atoms with Crippen LogP contribution < -0.4 is 0 Å². The molecule has 10 heavy (non-hydrogen) atoms. The molecule has 60 valence electrons. The summed E-state index contributed by atoms with van der Waals surface area (Å²) in [6.45, 7) is 0.178. The van der Waals surface area contributed by atoms with Gasteiger partial charge < -0.3 is 4.55 Å². The summed E-state index contributed by atoms with van der Waals surface area (Å²) in [4.78, 5) is 8.83. The Kier molecular flexibility index (Phi) is 2.73. The van der Waals surface area contributed by atoms with E-state index in [0.29, 0.717) is 0 Å². The largest absolute Gasteiger partial charge is 0.748 e. The summed E-state index contributed by atoms with van der Waals surface area (Å²) in [5.74, 6) is 0. The van der Waals surface area contributed by atoms with Crippen LogP contribution >= 0.6 is 0 Å². The lowest BCUT2D eigenvalue weighted by atomic mass is 10.5. The number of hydrogen-bond donors (Lipinski definition) is 0. The third-order valence-electron chi connectivity index (χ3n) is 0.899. The smallest absolute Gasteiger partial charge is 0.219 e. The Morgan fingerprint density at radius 3 is 2.10 bits per heavy atom. The molecule has 6 nitrogen and oxygen atoms in total. The van der Waals surface area contributed by atoms with E-state index >= 15 is 0 Å². The lowest BCUT2D eigenvalue weighted by Gasteiger charge is -2.10. The summed E-state index contributed by atoms with van der Waals surface area (Å²) in [6, 6.07) is 0. The third kappa shape index (κ3) is 3.36. The highest BCUT2D eigenvalue weighted by Crippen LogP contribution is 1.95. The van der Waals surface area contributed by atoms with E-state index < -0.39 is 26.8 Å². The van der Waals surface area contributed by atoms with Crippen LogP contribution in [0.15, 0.2) is 0 Å². The number of rotatable bonds is 3. The molecule has 0 aliphatic rings. The molecule has 0 aliphatic heterocycles. The van der Waals surface area contributed by atoms with Gasteiger partial charge in [-0.25, -0.2) is 8.42 Å². The van der Waals surface area contributed by atoms with Crippen molar-refractivity contribution in [1.29, 1.82) is 0 Å². The Hall–Kier alpha value is -0.690. The van der Waals surface area contributed by atoms with Gasteiger partial charge in [0.15, 0.2) is 0 Å². The second kappa shape index (κ2) is 2.93. The van der Waals surface area contributed by atoms with E-state index in [4.69, 9.17) is 0 Å². The fourth-order valence-corrected chi connectivity index (χ4v) is 0.606. The van der Waals surface area contributed by atoms with Gasteiger partial charge in [0.05, 0.1) is 0 Å². The first kappa shape index (κ1) is 9.31. The maximum Gasteiger partial charge on any atom is 0.219 e. The van der Waals surface area contributed by atoms with Crippen LogP contribution in [0.3, 0.4) is 0 Å². The van der Waals surface area contributed by atoms with Crippen LogP contribution in [-0.2, 0) is 10.1 Å². The van der Waals surface area contributed by atoms with Crippen LogP contribution in [0.5, 0.6) is 0 Å². The summed E-state index contributed by atoms with van der Waals surface area (Å²) in [6.07, 6.45) is 0. The van der Waals surface area contributed by atoms with Gasteiger partial charge in [-0.1, -0.05) is 0 Å². The minimum Gasteiger partial charge on any atom is -0.748 e. The van der Waals surface area contributed by atoms with Crippen LogP contribution in [0.4, 0.5) is 0 Å². The van der Waals surface area contributed by atoms with Crippen LogP contribution in [0.2, 0.25) is 0 Å². The van der Waals surface area contributed by atoms with Gasteiger partial charge in [-0.2, -0.15) is 0 Å². The monoisotopic (exact) mass is 168 g/mol. The maximum absolute atomic E-state index is 10.0. The number of nitrogens with zero attached hydrogens (tertiary/aromatic N) is 1. The molecule has 0 saturated carbocycles. The van der Waals surface area contributed by atoms with E-state index in [9.17, 15) is 23.1 Å². The third-order valence-corrected chi connectivity index (χ3v) is 2.03. The van der Waals surface area contributed by atoms with E-state index in [1.165, 1.54) is 0 Å². The van der Waals surface area contributed by atoms with Crippen molar-refractivity contribution in [2.75, 3.05) is 6.54 Å². The predicted molar refractivity (Wildman–Crippen MR) is 31.0 cm³/mol. The first-order valence-corrected chi connectivity index (χ1v) is 3.87. The quantitative estimate of drug-likeness (QED) is 0.312. The van der Waals surface area contributed by atoms with Gasteiger partial charge in [-0.15, -0.1) is 0 Å². The van der Waals surface area contributed by atoms with E-state index in [1.807, 2.05) is 0 Å². The van der Waals surface area contributed by atoms with Crippen LogP contribution in [-0.4, -0.2) is 29.7 Å².